The fourth-order valence-electron chi connectivity index (χ4n) is 1.64. The van der Waals surface area contributed by atoms with Gasteiger partial charge in [-0.05, 0) is 25.1 Å². The van der Waals surface area contributed by atoms with E-state index < -0.39 is 7.12 Å². The van der Waals surface area contributed by atoms with Crippen molar-refractivity contribution in [2.24, 2.45) is 0 Å². The van der Waals surface area contributed by atoms with Gasteiger partial charge in [0.25, 0.3) is 0 Å². The van der Waals surface area contributed by atoms with E-state index in [1.165, 1.54) is 0 Å². The third-order valence-corrected chi connectivity index (χ3v) is 2.55. The van der Waals surface area contributed by atoms with E-state index in [2.05, 4.69) is 4.98 Å². The molecule has 0 spiro atoms. The van der Waals surface area contributed by atoms with Crippen molar-refractivity contribution in [1.82, 2.24) is 4.98 Å². The second-order valence-corrected chi connectivity index (χ2v) is 4.02. The summed E-state index contributed by atoms with van der Waals surface area (Å²) in [5.41, 5.74) is 2.10. The van der Waals surface area contributed by atoms with Crippen LogP contribution in [0.25, 0.3) is 0 Å². The van der Waals surface area contributed by atoms with E-state index in [9.17, 15) is 10.0 Å². The molecule has 1 aromatic carbocycles. The molecule has 1 aromatic heterocycles. The lowest BCUT2D eigenvalue weighted by Crippen LogP contribution is -2.31. The Morgan fingerprint density at radius 2 is 2.06 bits per heavy atom. The maximum atomic E-state index is 9.29. The van der Waals surface area contributed by atoms with E-state index in [4.69, 9.17) is 4.74 Å². The van der Waals surface area contributed by atoms with Crippen LogP contribution in [0.5, 0.6) is 5.75 Å². The van der Waals surface area contributed by atoms with Crippen molar-refractivity contribution in [1.29, 1.82) is 0 Å². The van der Waals surface area contributed by atoms with Crippen molar-refractivity contribution >= 4 is 12.6 Å². The minimum absolute atomic E-state index is 0.295. The number of rotatable bonds is 4. The van der Waals surface area contributed by atoms with Crippen LogP contribution in [-0.2, 0) is 6.61 Å². The molecular weight excluding hydrogens is 229 g/mol. The zero-order valence-electron chi connectivity index (χ0n) is 10.1. The minimum atomic E-state index is -1.54. The molecule has 0 saturated carbocycles. The molecule has 0 radical (unpaired) electrons. The summed E-state index contributed by atoms with van der Waals surface area (Å²) in [5.74, 6) is 0.459. The van der Waals surface area contributed by atoms with Crippen LogP contribution in [-0.4, -0.2) is 22.2 Å². The molecule has 2 rings (SSSR count). The molecule has 0 amide bonds. The molecule has 0 unspecified atom stereocenters. The first kappa shape index (κ1) is 12.6. The van der Waals surface area contributed by atoms with E-state index >= 15 is 0 Å². The van der Waals surface area contributed by atoms with Crippen LogP contribution in [0, 0.1) is 6.92 Å². The summed E-state index contributed by atoms with van der Waals surface area (Å²) in [7, 11) is -1.54. The summed E-state index contributed by atoms with van der Waals surface area (Å²) in [6.45, 7) is 2.18. The predicted molar refractivity (Wildman–Crippen MR) is 69.6 cm³/mol. The molecule has 18 heavy (non-hydrogen) atoms. The van der Waals surface area contributed by atoms with Gasteiger partial charge in [-0.25, -0.2) is 0 Å². The number of ether oxygens (including phenoxy) is 1. The summed E-state index contributed by atoms with van der Waals surface area (Å²) in [6, 6.07) is 10.8. The number of aryl methyl sites for hydroxylation is 1. The molecule has 0 aliphatic heterocycles. The smallest absolute Gasteiger partial charge is 0.488 e. The Kier molecular flexibility index (Phi) is 3.97. The number of aromatic nitrogens is 1. The summed E-state index contributed by atoms with van der Waals surface area (Å²) in [4.78, 5) is 4.14. The number of hydrogen-bond donors (Lipinski definition) is 2. The van der Waals surface area contributed by atoms with Crippen LogP contribution in [0.4, 0.5) is 0 Å². The van der Waals surface area contributed by atoms with Crippen LogP contribution < -0.4 is 10.2 Å². The minimum Gasteiger partial charge on any atom is -0.488 e. The molecule has 0 bridgehead atoms. The maximum absolute atomic E-state index is 9.29. The molecule has 1 heterocycles. The molecule has 0 atom stereocenters. The molecule has 0 saturated heterocycles. The van der Waals surface area contributed by atoms with Gasteiger partial charge in [-0.1, -0.05) is 23.8 Å². The monoisotopic (exact) mass is 243 g/mol. The highest BCUT2D eigenvalue weighted by Crippen LogP contribution is 2.11. The fraction of sp³-hybridized carbons (Fsp3) is 0.154. The average Bonchev–Trinajstić information content (AvgIpc) is 2.38. The second-order valence-electron chi connectivity index (χ2n) is 4.02. The molecule has 92 valence electrons. The Hall–Kier alpha value is -1.85. The van der Waals surface area contributed by atoms with Crippen LogP contribution in [0.15, 0.2) is 42.6 Å². The third kappa shape index (κ3) is 3.09. The molecule has 2 aromatic rings. The van der Waals surface area contributed by atoms with Gasteiger partial charge >= 0.3 is 7.12 Å². The molecule has 0 aliphatic rings. The van der Waals surface area contributed by atoms with Crippen LogP contribution >= 0.6 is 0 Å². The topological polar surface area (TPSA) is 62.6 Å². The standard InChI is InChI=1S/C13H14BNO3/c1-10-5-6-13(12(8-10)14(16)17)18-9-11-4-2-3-7-15-11/h2-8,16-17H,9H2,1H3. The zero-order valence-corrected chi connectivity index (χ0v) is 10.1. The number of pyridine rings is 1. The molecular formula is C13H14BNO3. The number of hydrogen-bond acceptors (Lipinski definition) is 4. The van der Waals surface area contributed by atoms with Gasteiger partial charge in [0.2, 0.25) is 0 Å². The normalized spacial score (nSPS) is 10.2. The number of nitrogens with zero attached hydrogens (tertiary/aromatic N) is 1. The van der Waals surface area contributed by atoms with Gasteiger partial charge in [-0.15, -0.1) is 0 Å². The summed E-state index contributed by atoms with van der Waals surface area (Å²) in [6.07, 6.45) is 1.69. The van der Waals surface area contributed by atoms with E-state index in [1.54, 1.807) is 18.3 Å². The van der Waals surface area contributed by atoms with Gasteiger partial charge in [0.15, 0.2) is 0 Å². The van der Waals surface area contributed by atoms with E-state index in [1.807, 2.05) is 31.2 Å². The molecule has 0 aliphatic carbocycles. The molecule has 0 fully saturated rings. The van der Waals surface area contributed by atoms with E-state index in [0.29, 0.717) is 17.8 Å². The van der Waals surface area contributed by atoms with Gasteiger partial charge in [0.1, 0.15) is 12.4 Å². The van der Waals surface area contributed by atoms with Crippen LogP contribution in [0.3, 0.4) is 0 Å². The van der Waals surface area contributed by atoms with Gasteiger partial charge in [0.05, 0.1) is 5.69 Å². The molecule has 4 nitrogen and oxygen atoms in total. The summed E-state index contributed by atoms with van der Waals surface area (Å²) in [5, 5.41) is 18.6. The summed E-state index contributed by atoms with van der Waals surface area (Å²) >= 11 is 0. The quantitative estimate of drug-likeness (QED) is 0.774. The lowest BCUT2D eigenvalue weighted by molar-refractivity contribution is 0.302. The van der Waals surface area contributed by atoms with Crippen LogP contribution in [0.1, 0.15) is 11.3 Å². The average molecular weight is 243 g/mol. The lowest BCUT2D eigenvalue weighted by Gasteiger charge is -2.11. The Morgan fingerprint density at radius 3 is 2.72 bits per heavy atom. The first-order valence-corrected chi connectivity index (χ1v) is 5.66. The van der Waals surface area contributed by atoms with Gasteiger partial charge < -0.3 is 14.8 Å². The highest BCUT2D eigenvalue weighted by molar-refractivity contribution is 6.59. The van der Waals surface area contributed by atoms with E-state index in [-0.39, 0.29) is 0 Å². The predicted octanol–water partition coefficient (Wildman–Crippen LogP) is 0.649. The van der Waals surface area contributed by atoms with Gasteiger partial charge in [-0.2, -0.15) is 0 Å². The van der Waals surface area contributed by atoms with Crippen LogP contribution in [0.2, 0.25) is 0 Å². The fourth-order valence-corrected chi connectivity index (χ4v) is 1.64. The van der Waals surface area contributed by atoms with Gasteiger partial charge in [0, 0.05) is 11.7 Å². The Morgan fingerprint density at radius 1 is 1.22 bits per heavy atom. The van der Waals surface area contributed by atoms with Gasteiger partial charge in [-0.3, -0.25) is 4.98 Å². The lowest BCUT2D eigenvalue weighted by atomic mass is 9.79. The first-order valence-electron chi connectivity index (χ1n) is 5.66. The first-order chi connectivity index (χ1) is 8.66. The Bertz CT molecular complexity index is 517. The summed E-state index contributed by atoms with van der Waals surface area (Å²) < 4.78 is 5.56. The SMILES string of the molecule is Cc1ccc(OCc2ccccn2)c(B(O)O)c1. The Balaban J connectivity index is 2.14. The Labute approximate surface area is 106 Å². The van der Waals surface area contributed by atoms with Crippen molar-refractivity contribution in [3.8, 4) is 5.75 Å². The van der Waals surface area contributed by atoms with Crippen molar-refractivity contribution < 1.29 is 14.8 Å². The molecule has 2 N–H and O–H groups in total. The van der Waals surface area contributed by atoms with Crippen molar-refractivity contribution in [3.05, 3.63) is 53.9 Å². The highest BCUT2D eigenvalue weighted by atomic mass is 16.5. The van der Waals surface area contributed by atoms with Crippen molar-refractivity contribution in [2.75, 3.05) is 0 Å². The second kappa shape index (κ2) is 5.66. The van der Waals surface area contributed by atoms with E-state index in [0.717, 1.165) is 11.3 Å². The number of benzene rings is 1. The van der Waals surface area contributed by atoms with Crippen molar-refractivity contribution in [3.63, 3.8) is 0 Å². The zero-order chi connectivity index (χ0) is 13.0. The highest BCUT2D eigenvalue weighted by Gasteiger charge is 2.17. The molecule has 5 heteroatoms. The van der Waals surface area contributed by atoms with Crippen molar-refractivity contribution in [2.45, 2.75) is 13.5 Å². The largest absolute Gasteiger partial charge is 0.492 e. The third-order valence-electron chi connectivity index (χ3n) is 2.55. The maximum Gasteiger partial charge on any atom is 0.492 e.